The van der Waals surface area contributed by atoms with Crippen LogP contribution in [0.5, 0.6) is 5.75 Å². The Morgan fingerprint density at radius 2 is 1.05 bits per heavy atom. The highest BCUT2D eigenvalue weighted by Crippen LogP contribution is 2.61. The summed E-state index contributed by atoms with van der Waals surface area (Å²) in [5, 5.41) is 2.41. The van der Waals surface area contributed by atoms with Crippen LogP contribution in [0.3, 0.4) is 0 Å². The monoisotopic (exact) mass is 820 g/mol. The number of aromatic nitrogens is 3. The zero-order valence-corrected chi connectivity index (χ0v) is 35.3. The molecule has 3 heterocycles. The van der Waals surface area contributed by atoms with Gasteiger partial charge in [0.1, 0.15) is 5.75 Å². The Kier molecular flexibility index (Phi) is 9.29. The molecule has 0 bridgehead atoms. The van der Waals surface area contributed by atoms with E-state index >= 15 is 0 Å². The van der Waals surface area contributed by atoms with E-state index < -0.39 is 5.60 Å². The van der Waals surface area contributed by atoms with Gasteiger partial charge in [0.25, 0.3) is 0 Å². The Labute approximate surface area is 368 Å². The average molecular weight is 821 g/mol. The van der Waals surface area contributed by atoms with E-state index in [0.29, 0.717) is 17.5 Å². The van der Waals surface area contributed by atoms with Gasteiger partial charge in [0, 0.05) is 63.0 Å². The van der Waals surface area contributed by atoms with Gasteiger partial charge in [-0.2, -0.15) is 0 Å². The molecule has 1 unspecified atom stereocenters. The average Bonchev–Trinajstić information content (AvgIpc) is 3.45. The number of benzene rings is 7. The number of morpholine rings is 1. The second-order valence-electron chi connectivity index (χ2n) is 17.5. The highest BCUT2D eigenvalue weighted by molar-refractivity contribution is 6.08. The first-order chi connectivity index (χ1) is 31.2. The number of ether oxygens (including phenoxy) is 2. The molecule has 1 aromatic heterocycles. The van der Waals surface area contributed by atoms with Crippen molar-refractivity contribution in [2.45, 2.75) is 49.5 Å². The van der Waals surface area contributed by atoms with Crippen LogP contribution in [0.2, 0.25) is 0 Å². The van der Waals surface area contributed by atoms with E-state index in [4.69, 9.17) is 24.4 Å². The molecule has 0 radical (unpaired) electrons. The van der Waals surface area contributed by atoms with Crippen molar-refractivity contribution in [2.24, 2.45) is 0 Å². The quantitative estimate of drug-likeness (QED) is 0.167. The molecule has 8 aromatic rings. The first-order valence-corrected chi connectivity index (χ1v) is 22.7. The van der Waals surface area contributed by atoms with E-state index in [1.807, 2.05) is 60.7 Å². The lowest BCUT2D eigenvalue weighted by Crippen LogP contribution is -2.37. The lowest BCUT2D eigenvalue weighted by molar-refractivity contribution is 0.122. The summed E-state index contributed by atoms with van der Waals surface area (Å²) >= 11 is 0. The zero-order valence-electron chi connectivity index (χ0n) is 35.3. The molecule has 6 heteroatoms. The van der Waals surface area contributed by atoms with Crippen molar-refractivity contribution >= 4 is 22.5 Å². The molecule has 4 aliphatic rings. The molecule has 12 rings (SSSR count). The smallest absolute Gasteiger partial charge is 0.178 e. The van der Waals surface area contributed by atoms with Crippen LogP contribution in [0.1, 0.15) is 66.3 Å². The van der Waals surface area contributed by atoms with Crippen LogP contribution in [0.25, 0.3) is 62.1 Å². The summed E-state index contributed by atoms with van der Waals surface area (Å²) in [5.74, 6) is 2.87. The van der Waals surface area contributed by atoms with Gasteiger partial charge in [-0.15, -0.1) is 0 Å². The van der Waals surface area contributed by atoms with E-state index in [2.05, 4.69) is 114 Å². The fourth-order valence-electron chi connectivity index (χ4n) is 11.0. The second-order valence-corrected chi connectivity index (χ2v) is 17.5. The molecule has 2 aliphatic carbocycles. The van der Waals surface area contributed by atoms with E-state index in [1.54, 1.807) is 0 Å². The van der Waals surface area contributed by atoms with Gasteiger partial charge in [0.2, 0.25) is 0 Å². The fourth-order valence-corrected chi connectivity index (χ4v) is 11.0. The Bertz CT molecular complexity index is 2950. The van der Waals surface area contributed by atoms with E-state index in [1.165, 1.54) is 64.6 Å². The summed E-state index contributed by atoms with van der Waals surface area (Å²) < 4.78 is 13.5. The van der Waals surface area contributed by atoms with Crippen LogP contribution >= 0.6 is 0 Å². The molecular weight excluding hydrogens is 773 g/mol. The van der Waals surface area contributed by atoms with E-state index in [-0.39, 0.29) is 5.41 Å². The first kappa shape index (κ1) is 37.8. The van der Waals surface area contributed by atoms with Gasteiger partial charge in [-0.05, 0) is 58.7 Å². The molecular formula is C57H48N4O2. The standard InChI is InChI=1S/C57H48N4O2/c1-2-14-33-56(32-13-1)49-22-12-11-21-47(49)50-45-19-9-10-20-46(45)52-48(51(50)56)31-34-57(63-52,43-27-29-44(30-28-43)61-35-37-62-38-36-61)42-25-23-41(24-26-42)55-59-53(39-15-5-3-6-16-39)58-54(60-55)40-17-7-4-8-18-40/h3-12,15-31,34H,1-2,13-14,32-33,35-38H2. The number of nitrogens with zero attached hydrogens (tertiary/aromatic N) is 4. The fraction of sp³-hybridized carbons (Fsp3) is 0.211. The molecule has 0 amide bonds. The topological polar surface area (TPSA) is 60.4 Å². The van der Waals surface area contributed by atoms with Crippen LogP contribution in [0, 0.1) is 0 Å². The predicted octanol–water partition coefficient (Wildman–Crippen LogP) is 12.8. The normalized spacial score (nSPS) is 18.6. The predicted molar refractivity (Wildman–Crippen MR) is 254 cm³/mol. The van der Waals surface area contributed by atoms with E-state index in [9.17, 15) is 0 Å². The molecule has 7 aromatic carbocycles. The van der Waals surface area contributed by atoms with Crippen molar-refractivity contribution in [3.8, 4) is 51.0 Å². The van der Waals surface area contributed by atoms with Crippen molar-refractivity contribution in [1.82, 2.24) is 15.0 Å². The van der Waals surface area contributed by atoms with Crippen LogP contribution in [-0.2, 0) is 15.8 Å². The van der Waals surface area contributed by atoms with Crippen molar-refractivity contribution in [2.75, 3.05) is 31.2 Å². The van der Waals surface area contributed by atoms with Crippen molar-refractivity contribution in [3.63, 3.8) is 0 Å². The number of hydrogen-bond acceptors (Lipinski definition) is 6. The summed E-state index contributed by atoms with van der Waals surface area (Å²) in [4.78, 5) is 17.5. The molecule has 1 saturated heterocycles. The minimum Gasteiger partial charge on any atom is -0.472 e. The minimum absolute atomic E-state index is 0.0482. The van der Waals surface area contributed by atoms with Gasteiger partial charge >= 0.3 is 0 Å². The van der Waals surface area contributed by atoms with Crippen molar-refractivity contribution < 1.29 is 9.47 Å². The number of rotatable bonds is 6. The number of fused-ring (bicyclic) bond motifs is 10. The molecule has 1 atom stereocenters. The maximum atomic E-state index is 7.82. The van der Waals surface area contributed by atoms with Gasteiger partial charge in [-0.25, -0.2) is 15.0 Å². The second kappa shape index (κ2) is 15.5. The van der Waals surface area contributed by atoms with Gasteiger partial charge in [0.15, 0.2) is 23.1 Å². The summed E-state index contributed by atoms with van der Waals surface area (Å²) in [6.45, 7) is 3.24. The Balaban J connectivity index is 1.03. The summed E-state index contributed by atoms with van der Waals surface area (Å²) in [7, 11) is 0. The maximum Gasteiger partial charge on any atom is 0.178 e. The third-order valence-corrected chi connectivity index (χ3v) is 14.0. The first-order valence-electron chi connectivity index (χ1n) is 22.7. The van der Waals surface area contributed by atoms with Gasteiger partial charge in [-0.3, -0.25) is 0 Å². The molecule has 2 fully saturated rings. The lowest BCUT2D eigenvalue weighted by atomic mass is 9.70. The van der Waals surface area contributed by atoms with Crippen LogP contribution in [-0.4, -0.2) is 41.3 Å². The Morgan fingerprint density at radius 1 is 0.508 bits per heavy atom. The third kappa shape index (κ3) is 6.30. The molecule has 0 N–H and O–H groups in total. The third-order valence-electron chi connectivity index (χ3n) is 14.0. The Hall–Kier alpha value is -6.89. The molecule has 1 spiro atoms. The minimum atomic E-state index is -0.919. The number of hydrogen-bond donors (Lipinski definition) is 0. The highest BCUT2D eigenvalue weighted by Gasteiger charge is 2.48. The summed E-state index contributed by atoms with van der Waals surface area (Å²) in [6.07, 6.45) is 12.1. The molecule has 308 valence electrons. The largest absolute Gasteiger partial charge is 0.472 e. The highest BCUT2D eigenvalue weighted by atomic mass is 16.5. The van der Waals surface area contributed by atoms with E-state index in [0.717, 1.165) is 78.1 Å². The lowest BCUT2D eigenvalue weighted by Gasteiger charge is -2.40. The van der Waals surface area contributed by atoms with Gasteiger partial charge in [0.05, 0.1) is 13.2 Å². The van der Waals surface area contributed by atoms with Gasteiger partial charge in [-0.1, -0.05) is 177 Å². The van der Waals surface area contributed by atoms with Crippen molar-refractivity contribution in [3.05, 3.63) is 192 Å². The Morgan fingerprint density at radius 3 is 1.68 bits per heavy atom. The van der Waals surface area contributed by atoms with Crippen LogP contribution in [0.4, 0.5) is 5.69 Å². The summed E-state index contributed by atoms with van der Waals surface area (Å²) in [6, 6.07) is 56.2. The van der Waals surface area contributed by atoms with Crippen molar-refractivity contribution in [1.29, 1.82) is 0 Å². The molecule has 2 aliphatic heterocycles. The number of anilines is 1. The van der Waals surface area contributed by atoms with Crippen LogP contribution in [0.15, 0.2) is 164 Å². The molecule has 63 heavy (non-hydrogen) atoms. The van der Waals surface area contributed by atoms with Crippen LogP contribution < -0.4 is 9.64 Å². The SMILES string of the molecule is C1=CC(c2ccc(-c3nc(-c4ccccc4)nc(-c4ccccc4)n3)cc2)(c2ccc(N3CCOCC3)cc2)Oc2c1c1c(c3ccccc23)-c2ccccc2C12CCCCCC2. The maximum absolute atomic E-state index is 7.82. The zero-order chi connectivity index (χ0) is 41.8. The van der Waals surface area contributed by atoms with Gasteiger partial charge < -0.3 is 14.4 Å². The molecule has 6 nitrogen and oxygen atoms in total. The molecule has 1 saturated carbocycles. The summed E-state index contributed by atoms with van der Waals surface area (Å²) in [5.41, 5.74) is 12.1.